The lowest BCUT2D eigenvalue weighted by molar-refractivity contribution is 0.377. The van der Waals surface area contributed by atoms with Gasteiger partial charge in [-0.1, -0.05) is 20.3 Å². The second-order valence-corrected chi connectivity index (χ2v) is 3.44. The summed E-state index contributed by atoms with van der Waals surface area (Å²) in [5.74, 6) is 0. The van der Waals surface area contributed by atoms with Crippen LogP contribution in [0.5, 0.6) is 0 Å². The maximum absolute atomic E-state index is 6.08. The molecule has 0 bridgehead atoms. The molecule has 1 aromatic heterocycles. The molecular weight excluding hydrogens is 162 g/mol. The van der Waals surface area contributed by atoms with Crippen LogP contribution in [0.25, 0.3) is 0 Å². The standard InChI is InChI=1S/C10H19N3/c1-3-5-9(11)10(4-2)13-7-6-12-8-13/h6-10H,3-5,11H2,1-2H3. The topological polar surface area (TPSA) is 43.8 Å². The molecule has 0 aromatic carbocycles. The fraction of sp³-hybridized carbons (Fsp3) is 0.700. The van der Waals surface area contributed by atoms with E-state index < -0.39 is 0 Å². The predicted molar refractivity (Wildman–Crippen MR) is 54.4 cm³/mol. The van der Waals surface area contributed by atoms with E-state index in [0.717, 1.165) is 19.3 Å². The van der Waals surface area contributed by atoms with Gasteiger partial charge in [0.2, 0.25) is 0 Å². The van der Waals surface area contributed by atoms with Crippen molar-refractivity contribution in [1.82, 2.24) is 9.55 Å². The molecule has 2 atom stereocenters. The van der Waals surface area contributed by atoms with Crippen LogP contribution in [0, 0.1) is 0 Å². The fourth-order valence-electron chi connectivity index (χ4n) is 1.73. The second kappa shape index (κ2) is 5.02. The Morgan fingerprint density at radius 1 is 1.46 bits per heavy atom. The summed E-state index contributed by atoms with van der Waals surface area (Å²) >= 11 is 0. The molecule has 0 aliphatic carbocycles. The molecule has 0 saturated heterocycles. The van der Waals surface area contributed by atoms with Crippen molar-refractivity contribution in [2.45, 2.75) is 45.2 Å². The number of nitrogens with two attached hydrogens (primary N) is 1. The highest BCUT2D eigenvalue weighted by atomic mass is 15.1. The number of hydrogen-bond donors (Lipinski definition) is 1. The number of aromatic nitrogens is 2. The van der Waals surface area contributed by atoms with Crippen molar-refractivity contribution in [3.05, 3.63) is 18.7 Å². The average Bonchev–Trinajstić information content (AvgIpc) is 2.59. The average molecular weight is 181 g/mol. The largest absolute Gasteiger partial charge is 0.333 e. The van der Waals surface area contributed by atoms with Crippen molar-refractivity contribution in [2.75, 3.05) is 0 Å². The van der Waals surface area contributed by atoms with Gasteiger partial charge in [0.05, 0.1) is 6.33 Å². The maximum Gasteiger partial charge on any atom is 0.0949 e. The van der Waals surface area contributed by atoms with Gasteiger partial charge in [-0.25, -0.2) is 4.98 Å². The molecule has 3 nitrogen and oxygen atoms in total. The molecule has 0 aliphatic heterocycles. The molecule has 74 valence electrons. The quantitative estimate of drug-likeness (QED) is 0.754. The summed E-state index contributed by atoms with van der Waals surface area (Å²) in [4.78, 5) is 4.04. The van der Waals surface area contributed by atoms with Crippen LogP contribution < -0.4 is 5.73 Å². The Labute approximate surface area is 80.0 Å². The van der Waals surface area contributed by atoms with Crippen molar-refractivity contribution < 1.29 is 0 Å². The van der Waals surface area contributed by atoms with Crippen LogP contribution in [-0.4, -0.2) is 15.6 Å². The highest BCUT2D eigenvalue weighted by molar-refractivity contribution is 4.85. The molecule has 13 heavy (non-hydrogen) atoms. The minimum absolute atomic E-state index is 0.254. The van der Waals surface area contributed by atoms with Crippen molar-refractivity contribution in [1.29, 1.82) is 0 Å². The van der Waals surface area contributed by atoms with Crippen LogP contribution in [0.1, 0.15) is 39.2 Å². The normalized spacial score (nSPS) is 15.6. The van der Waals surface area contributed by atoms with Gasteiger partial charge in [-0.3, -0.25) is 0 Å². The summed E-state index contributed by atoms with van der Waals surface area (Å²) in [6.07, 6.45) is 8.94. The Balaban J connectivity index is 2.62. The van der Waals surface area contributed by atoms with E-state index in [4.69, 9.17) is 5.73 Å². The summed E-state index contributed by atoms with van der Waals surface area (Å²) in [5, 5.41) is 0. The van der Waals surface area contributed by atoms with Gasteiger partial charge >= 0.3 is 0 Å². The Hall–Kier alpha value is -0.830. The number of hydrogen-bond acceptors (Lipinski definition) is 2. The van der Waals surface area contributed by atoms with Gasteiger partial charge in [-0.05, 0) is 12.8 Å². The summed E-state index contributed by atoms with van der Waals surface area (Å²) in [5.41, 5.74) is 6.08. The zero-order valence-electron chi connectivity index (χ0n) is 8.48. The Kier molecular flexibility index (Phi) is 3.96. The Morgan fingerprint density at radius 3 is 2.69 bits per heavy atom. The lowest BCUT2D eigenvalue weighted by atomic mass is 10.0. The molecular formula is C10H19N3. The molecule has 1 rings (SSSR count). The zero-order chi connectivity index (χ0) is 9.68. The second-order valence-electron chi connectivity index (χ2n) is 3.44. The highest BCUT2D eigenvalue weighted by Crippen LogP contribution is 2.17. The van der Waals surface area contributed by atoms with E-state index in [-0.39, 0.29) is 6.04 Å². The summed E-state index contributed by atoms with van der Waals surface area (Å²) in [6, 6.07) is 0.659. The van der Waals surface area contributed by atoms with Gasteiger partial charge in [-0.15, -0.1) is 0 Å². The molecule has 0 radical (unpaired) electrons. The summed E-state index contributed by atoms with van der Waals surface area (Å²) in [6.45, 7) is 4.33. The first-order chi connectivity index (χ1) is 6.29. The van der Waals surface area contributed by atoms with E-state index in [0.29, 0.717) is 6.04 Å². The van der Waals surface area contributed by atoms with Gasteiger partial charge in [0.25, 0.3) is 0 Å². The smallest absolute Gasteiger partial charge is 0.0949 e. The van der Waals surface area contributed by atoms with E-state index in [2.05, 4.69) is 23.4 Å². The van der Waals surface area contributed by atoms with E-state index in [1.807, 2.05) is 12.5 Å². The summed E-state index contributed by atoms with van der Waals surface area (Å²) < 4.78 is 2.11. The zero-order valence-corrected chi connectivity index (χ0v) is 8.48. The van der Waals surface area contributed by atoms with Crippen LogP contribution in [0.15, 0.2) is 18.7 Å². The van der Waals surface area contributed by atoms with E-state index in [1.54, 1.807) is 6.20 Å². The van der Waals surface area contributed by atoms with Crippen LogP contribution >= 0.6 is 0 Å². The highest BCUT2D eigenvalue weighted by Gasteiger charge is 2.15. The predicted octanol–water partition coefficient (Wildman–Crippen LogP) is 1.96. The van der Waals surface area contributed by atoms with Crippen LogP contribution in [0.4, 0.5) is 0 Å². The molecule has 0 spiro atoms. The Morgan fingerprint density at radius 2 is 2.23 bits per heavy atom. The third kappa shape index (κ3) is 2.56. The molecule has 3 heteroatoms. The van der Waals surface area contributed by atoms with Crippen molar-refractivity contribution in [3.8, 4) is 0 Å². The number of rotatable bonds is 5. The first-order valence-electron chi connectivity index (χ1n) is 5.02. The molecule has 0 amide bonds. The molecule has 1 heterocycles. The van der Waals surface area contributed by atoms with E-state index in [9.17, 15) is 0 Å². The molecule has 0 saturated carbocycles. The van der Waals surface area contributed by atoms with Gasteiger partial charge in [0, 0.05) is 24.5 Å². The summed E-state index contributed by atoms with van der Waals surface area (Å²) in [7, 11) is 0. The first kappa shape index (κ1) is 10.3. The monoisotopic (exact) mass is 181 g/mol. The van der Waals surface area contributed by atoms with E-state index >= 15 is 0 Å². The van der Waals surface area contributed by atoms with Crippen LogP contribution in [-0.2, 0) is 0 Å². The maximum atomic E-state index is 6.08. The van der Waals surface area contributed by atoms with Crippen molar-refractivity contribution in [3.63, 3.8) is 0 Å². The van der Waals surface area contributed by atoms with Crippen molar-refractivity contribution in [2.24, 2.45) is 5.73 Å². The van der Waals surface area contributed by atoms with Crippen LogP contribution in [0.3, 0.4) is 0 Å². The lowest BCUT2D eigenvalue weighted by Crippen LogP contribution is -2.31. The van der Waals surface area contributed by atoms with E-state index in [1.165, 1.54) is 0 Å². The minimum atomic E-state index is 0.254. The molecule has 0 aliphatic rings. The van der Waals surface area contributed by atoms with Crippen LogP contribution in [0.2, 0.25) is 0 Å². The van der Waals surface area contributed by atoms with Gasteiger partial charge in [0.1, 0.15) is 0 Å². The Bertz CT molecular complexity index is 218. The third-order valence-electron chi connectivity index (χ3n) is 2.44. The first-order valence-corrected chi connectivity index (χ1v) is 5.02. The molecule has 1 aromatic rings. The molecule has 0 fully saturated rings. The SMILES string of the molecule is CCCC(N)C(CC)n1ccnc1. The van der Waals surface area contributed by atoms with Crippen molar-refractivity contribution >= 4 is 0 Å². The van der Waals surface area contributed by atoms with Gasteiger partial charge < -0.3 is 10.3 Å². The molecule has 2 unspecified atom stereocenters. The lowest BCUT2D eigenvalue weighted by Gasteiger charge is -2.23. The number of imidazole rings is 1. The minimum Gasteiger partial charge on any atom is -0.333 e. The fourth-order valence-corrected chi connectivity index (χ4v) is 1.73. The van der Waals surface area contributed by atoms with Gasteiger partial charge in [0.15, 0.2) is 0 Å². The molecule has 2 N–H and O–H groups in total. The number of nitrogens with zero attached hydrogens (tertiary/aromatic N) is 2. The third-order valence-corrected chi connectivity index (χ3v) is 2.44. The van der Waals surface area contributed by atoms with Gasteiger partial charge in [-0.2, -0.15) is 0 Å².